The highest BCUT2D eigenvalue weighted by atomic mass is 79.9. The molecule has 100 valence electrons. The molecule has 1 aliphatic rings. The normalized spacial score (nSPS) is 19.2. The Bertz CT molecular complexity index is 659. The summed E-state index contributed by atoms with van der Waals surface area (Å²) in [6.07, 6.45) is 3.89. The van der Waals surface area contributed by atoms with Crippen LogP contribution in [-0.4, -0.2) is 22.9 Å². The van der Waals surface area contributed by atoms with Gasteiger partial charge in [-0.3, -0.25) is 4.79 Å². The molecule has 1 aromatic carbocycles. The van der Waals surface area contributed by atoms with Crippen LogP contribution >= 0.6 is 27.5 Å². The van der Waals surface area contributed by atoms with Crippen molar-refractivity contribution in [3.63, 3.8) is 0 Å². The fraction of sp³-hybridized carbons (Fsp3) is 0.357. The minimum Gasteiger partial charge on any atom is -0.350 e. The summed E-state index contributed by atoms with van der Waals surface area (Å²) in [7, 11) is 1.94. The first kappa shape index (κ1) is 13.2. The second-order valence-electron chi connectivity index (χ2n) is 4.95. The number of aromatic nitrogens is 1. The lowest BCUT2D eigenvalue weighted by atomic mass is 10.0. The maximum Gasteiger partial charge on any atom is 0.181 e. The van der Waals surface area contributed by atoms with Gasteiger partial charge in [-0.2, -0.15) is 0 Å². The Labute approximate surface area is 125 Å². The van der Waals surface area contributed by atoms with Crippen molar-refractivity contribution >= 4 is 44.2 Å². The molecule has 1 aromatic heterocycles. The summed E-state index contributed by atoms with van der Waals surface area (Å²) in [4.78, 5) is 12.5. The SMILES string of the molecule is Cn1cc(C(=O)C2CCCN2)c2cc(Br)c(Cl)cc21. The molecule has 0 spiro atoms. The van der Waals surface area contributed by atoms with Crippen LogP contribution in [0.15, 0.2) is 22.8 Å². The number of fused-ring (bicyclic) bond motifs is 1. The molecule has 1 N–H and O–H groups in total. The van der Waals surface area contributed by atoms with Gasteiger partial charge in [0.1, 0.15) is 0 Å². The number of hydrogen-bond acceptors (Lipinski definition) is 2. The van der Waals surface area contributed by atoms with Gasteiger partial charge in [-0.25, -0.2) is 0 Å². The van der Waals surface area contributed by atoms with E-state index in [9.17, 15) is 4.79 Å². The molecule has 5 heteroatoms. The van der Waals surface area contributed by atoms with E-state index in [-0.39, 0.29) is 11.8 Å². The molecular formula is C14H14BrClN2O. The third kappa shape index (κ3) is 2.22. The molecule has 2 aromatic rings. The van der Waals surface area contributed by atoms with Crippen LogP contribution in [0.25, 0.3) is 10.9 Å². The van der Waals surface area contributed by atoms with Gasteiger partial charge in [0.15, 0.2) is 5.78 Å². The van der Waals surface area contributed by atoms with E-state index >= 15 is 0 Å². The zero-order valence-electron chi connectivity index (χ0n) is 10.5. The van der Waals surface area contributed by atoms with Crippen LogP contribution < -0.4 is 5.32 Å². The number of rotatable bonds is 2. The number of ketones is 1. The first-order valence-corrected chi connectivity index (χ1v) is 7.46. The van der Waals surface area contributed by atoms with Gasteiger partial charge in [-0.05, 0) is 47.4 Å². The smallest absolute Gasteiger partial charge is 0.181 e. The number of benzene rings is 1. The van der Waals surface area contributed by atoms with Crippen molar-refractivity contribution in [3.05, 3.63) is 33.4 Å². The van der Waals surface area contributed by atoms with Crippen LogP contribution in [0.5, 0.6) is 0 Å². The Morgan fingerprint density at radius 3 is 3.00 bits per heavy atom. The topological polar surface area (TPSA) is 34.0 Å². The predicted molar refractivity (Wildman–Crippen MR) is 81.0 cm³/mol. The fourth-order valence-corrected chi connectivity index (χ4v) is 3.17. The second-order valence-corrected chi connectivity index (χ2v) is 6.21. The van der Waals surface area contributed by atoms with Gasteiger partial charge in [-0.15, -0.1) is 0 Å². The maximum absolute atomic E-state index is 12.5. The molecule has 0 amide bonds. The lowest BCUT2D eigenvalue weighted by Crippen LogP contribution is -2.30. The molecule has 1 saturated heterocycles. The monoisotopic (exact) mass is 340 g/mol. The van der Waals surface area contributed by atoms with Gasteiger partial charge < -0.3 is 9.88 Å². The fourth-order valence-electron chi connectivity index (χ4n) is 2.67. The first-order chi connectivity index (χ1) is 9.08. The van der Waals surface area contributed by atoms with Crippen LogP contribution in [0.3, 0.4) is 0 Å². The summed E-state index contributed by atoms with van der Waals surface area (Å²) in [6.45, 7) is 0.927. The van der Waals surface area contributed by atoms with E-state index < -0.39 is 0 Å². The summed E-state index contributed by atoms with van der Waals surface area (Å²) < 4.78 is 2.77. The Morgan fingerprint density at radius 1 is 1.53 bits per heavy atom. The molecule has 0 aliphatic carbocycles. The summed E-state index contributed by atoms with van der Waals surface area (Å²) >= 11 is 9.54. The summed E-state index contributed by atoms with van der Waals surface area (Å²) in [5.41, 5.74) is 1.75. The van der Waals surface area contributed by atoms with Gasteiger partial charge in [0, 0.05) is 28.7 Å². The quantitative estimate of drug-likeness (QED) is 0.848. The number of nitrogens with one attached hydrogen (secondary N) is 1. The lowest BCUT2D eigenvalue weighted by molar-refractivity contribution is 0.0954. The van der Waals surface area contributed by atoms with Gasteiger partial charge in [0.25, 0.3) is 0 Å². The number of hydrogen-bond donors (Lipinski definition) is 1. The maximum atomic E-state index is 12.5. The number of Topliss-reactive ketones (excluding diaryl/α,β-unsaturated/α-hetero) is 1. The van der Waals surface area contributed by atoms with E-state index in [1.807, 2.05) is 29.9 Å². The minimum absolute atomic E-state index is 0.0416. The summed E-state index contributed by atoms with van der Waals surface area (Å²) in [6, 6.07) is 3.78. The molecule has 1 unspecified atom stereocenters. The Morgan fingerprint density at radius 2 is 2.32 bits per heavy atom. The zero-order valence-corrected chi connectivity index (χ0v) is 12.9. The Hall–Kier alpha value is -0.840. The summed E-state index contributed by atoms with van der Waals surface area (Å²) in [5.74, 6) is 0.178. The van der Waals surface area contributed by atoms with Crippen LogP contribution in [0.4, 0.5) is 0 Å². The third-order valence-electron chi connectivity index (χ3n) is 3.67. The number of carbonyl (C=O) groups is 1. The van der Waals surface area contributed by atoms with E-state index in [4.69, 9.17) is 11.6 Å². The van der Waals surface area contributed by atoms with Crippen LogP contribution in [0.2, 0.25) is 5.02 Å². The second kappa shape index (κ2) is 4.93. The predicted octanol–water partition coefficient (Wildman–Crippen LogP) is 3.53. The molecule has 0 bridgehead atoms. The molecule has 1 aliphatic heterocycles. The average molecular weight is 342 g/mol. The molecule has 1 atom stereocenters. The van der Waals surface area contributed by atoms with Crippen LogP contribution in [-0.2, 0) is 7.05 Å². The average Bonchev–Trinajstić information content (AvgIpc) is 3.00. The van der Waals surface area contributed by atoms with E-state index in [1.54, 1.807) is 0 Å². The van der Waals surface area contributed by atoms with Gasteiger partial charge in [0.05, 0.1) is 16.6 Å². The van der Waals surface area contributed by atoms with Gasteiger partial charge >= 0.3 is 0 Å². The molecule has 2 heterocycles. The zero-order chi connectivity index (χ0) is 13.6. The lowest BCUT2D eigenvalue weighted by Gasteiger charge is -2.07. The van der Waals surface area contributed by atoms with Crippen molar-refractivity contribution in [2.24, 2.45) is 7.05 Å². The van der Waals surface area contributed by atoms with Gasteiger partial charge in [-0.1, -0.05) is 11.6 Å². The van der Waals surface area contributed by atoms with Crippen LogP contribution in [0.1, 0.15) is 23.2 Å². The van der Waals surface area contributed by atoms with Crippen molar-refractivity contribution in [1.29, 1.82) is 0 Å². The van der Waals surface area contributed by atoms with E-state index in [1.165, 1.54) is 0 Å². The minimum atomic E-state index is -0.0416. The highest BCUT2D eigenvalue weighted by Gasteiger charge is 2.26. The van der Waals surface area contributed by atoms with Crippen molar-refractivity contribution < 1.29 is 4.79 Å². The van der Waals surface area contributed by atoms with Gasteiger partial charge in [0.2, 0.25) is 0 Å². The molecular weight excluding hydrogens is 328 g/mol. The largest absolute Gasteiger partial charge is 0.350 e. The number of halogens is 2. The van der Waals surface area contributed by atoms with Crippen molar-refractivity contribution in [2.45, 2.75) is 18.9 Å². The Kier molecular flexibility index (Phi) is 3.41. The Balaban J connectivity index is 2.13. The molecule has 3 rings (SSSR count). The van der Waals surface area contributed by atoms with Crippen molar-refractivity contribution in [1.82, 2.24) is 9.88 Å². The number of carbonyl (C=O) groups excluding carboxylic acids is 1. The highest BCUT2D eigenvalue weighted by molar-refractivity contribution is 9.10. The van der Waals surface area contributed by atoms with Crippen LogP contribution in [0, 0.1) is 0 Å². The highest BCUT2D eigenvalue weighted by Crippen LogP contribution is 2.31. The third-order valence-corrected chi connectivity index (χ3v) is 4.87. The standard InChI is InChI=1S/C14H14BrClN2O/c1-18-7-9(14(19)12-3-2-4-17-12)8-5-10(15)11(16)6-13(8)18/h5-7,12,17H,2-4H2,1H3. The van der Waals surface area contributed by atoms with E-state index in [2.05, 4.69) is 21.2 Å². The van der Waals surface area contributed by atoms with E-state index in [0.717, 1.165) is 40.3 Å². The van der Waals surface area contributed by atoms with Crippen molar-refractivity contribution in [3.8, 4) is 0 Å². The van der Waals surface area contributed by atoms with E-state index in [0.29, 0.717) is 5.02 Å². The molecule has 0 saturated carbocycles. The summed E-state index contributed by atoms with van der Waals surface area (Å²) in [5, 5.41) is 4.87. The number of nitrogens with zero attached hydrogens (tertiary/aromatic N) is 1. The molecule has 0 radical (unpaired) electrons. The number of aryl methyl sites for hydroxylation is 1. The molecule has 19 heavy (non-hydrogen) atoms. The van der Waals surface area contributed by atoms with Crippen molar-refractivity contribution in [2.75, 3.05) is 6.54 Å². The molecule has 3 nitrogen and oxygen atoms in total. The first-order valence-electron chi connectivity index (χ1n) is 6.29. The molecule has 1 fully saturated rings.